The first kappa shape index (κ1) is 12.0. The maximum atomic E-state index is 11.3. The van der Waals surface area contributed by atoms with Crippen LogP contribution >= 0.6 is 0 Å². The Morgan fingerprint density at radius 3 is 2.60 bits per heavy atom. The molecule has 1 aliphatic heterocycles. The predicted octanol–water partition coefficient (Wildman–Crippen LogP) is 1.01. The first-order valence-corrected chi connectivity index (χ1v) is 5.38. The largest absolute Gasteiger partial charge is 0.387 e. The summed E-state index contributed by atoms with van der Waals surface area (Å²) in [6, 6.07) is 0.173. The topological polar surface area (TPSA) is 58.7 Å². The van der Waals surface area contributed by atoms with Gasteiger partial charge < -0.3 is 10.6 Å². The summed E-state index contributed by atoms with van der Waals surface area (Å²) in [7, 11) is 1.82. The highest BCUT2D eigenvalue weighted by atomic mass is 16.2. The predicted molar refractivity (Wildman–Crippen MR) is 61.7 cm³/mol. The summed E-state index contributed by atoms with van der Waals surface area (Å²) >= 11 is 0. The Labute approximate surface area is 91.5 Å². The van der Waals surface area contributed by atoms with Gasteiger partial charge in [0.25, 0.3) is 0 Å². The Morgan fingerprint density at radius 2 is 2.13 bits per heavy atom. The maximum absolute atomic E-state index is 11.3. The zero-order valence-corrected chi connectivity index (χ0v) is 10.1. The van der Waals surface area contributed by atoms with Crippen LogP contribution in [0, 0.1) is 5.41 Å². The third-order valence-electron chi connectivity index (χ3n) is 2.69. The van der Waals surface area contributed by atoms with Gasteiger partial charge in [0.15, 0.2) is 0 Å². The number of piperidine rings is 1. The van der Waals surface area contributed by atoms with E-state index in [9.17, 15) is 4.79 Å². The minimum absolute atomic E-state index is 0.0833. The van der Waals surface area contributed by atoms with E-state index >= 15 is 0 Å². The van der Waals surface area contributed by atoms with Crippen LogP contribution in [0.5, 0.6) is 0 Å². The van der Waals surface area contributed by atoms with E-state index in [1.807, 2.05) is 27.8 Å². The number of likely N-dealkylation sites (tertiary alicyclic amines) is 1. The first-order chi connectivity index (χ1) is 6.80. The van der Waals surface area contributed by atoms with Gasteiger partial charge in [0.05, 0.1) is 11.9 Å². The fourth-order valence-electron chi connectivity index (χ4n) is 1.49. The van der Waals surface area contributed by atoms with E-state index in [0.29, 0.717) is 18.8 Å². The monoisotopic (exact) mass is 211 g/mol. The summed E-state index contributed by atoms with van der Waals surface area (Å²) in [6.45, 7) is 6.83. The summed E-state index contributed by atoms with van der Waals surface area (Å²) in [5.74, 6) is 0.881. The number of amidine groups is 1. The molecule has 1 heterocycles. The summed E-state index contributed by atoms with van der Waals surface area (Å²) in [5.41, 5.74) is 5.82. The minimum Gasteiger partial charge on any atom is -0.387 e. The number of carbonyl (C=O) groups excluding carboxylic acids is 1. The number of nitrogens with two attached hydrogens (primary N) is 1. The zero-order valence-electron chi connectivity index (χ0n) is 10.1. The molecule has 0 saturated carbocycles. The second kappa shape index (κ2) is 4.21. The lowest BCUT2D eigenvalue weighted by Gasteiger charge is -2.29. The van der Waals surface area contributed by atoms with Crippen LogP contribution in [-0.2, 0) is 4.79 Å². The molecule has 1 saturated heterocycles. The highest BCUT2D eigenvalue weighted by molar-refractivity contribution is 5.85. The van der Waals surface area contributed by atoms with Gasteiger partial charge >= 0.3 is 0 Å². The lowest BCUT2D eigenvalue weighted by atomic mass is 9.95. The van der Waals surface area contributed by atoms with Gasteiger partial charge in [-0.2, -0.15) is 0 Å². The molecule has 1 aliphatic rings. The Kier molecular flexibility index (Phi) is 3.37. The van der Waals surface area contributed by atoms with Crippen molar-refractivity contribution in [3.8, 4) is 0 Å². The van der Waals surface area contributed by atoms with Crippen LogP contribution < -0.4 is 5.73 Å². The lowest BCUT2D eigenvalue weighted by molar-refractivity contribution is -0.132. The van der Waals surface area contributed by atoms with Gasteiger partial charge in [-0.3, -0.25) is 9.79 Å². The van der Waals surface area contributed by atoms with Crippen molar-refractivity contribution in [1.82, 2.24) is 4.90 Å². The summed E-state index contributed by atoms with van der Waals surface area (Å²) in [4.78, 5) is 17.5. The number of carbonyl (C=O) groups is 1. The van der Waals surface area contributed by atoms with Gasteiger partial charge in [-0.1, -0.05) is 20.8 Å². The Hall–Kier alpha value is -1.06. The fourth-order valence-corrected chi connectivity index (χ4v) is 1.49. The number of amides is 1. The molecule has 0 aromatic rings. The lowest BCUT2D eigenvalue weighted by Crippen LogP contribution is -2.41. The van der Waals surface area contributed by atoms with Gasteiger partial charge in [0.2, 0.25) is 5.91 Å². The second-order valence-electron chi connectivity index (χ2n) is 5.23. The molecule has 1 atom stereocenters. The molecule has 15 heavy (non-hydrogen) atoms. The van der Waals surface area contributed by atoms with Crippen LogP contribution in [0.4, 0.5) is 0 Å². The van der Waals surface area contributed by atoms with Crippen molar-refractivity contribution in [2.24, 2.45) is 16.1 Å². The van der Waals surface area contributed by atoms with Crippen molar-refractivity contribution in [3.63, 3.8) is 0 Å². The molecule has 86 valence electrons. The maximum Gasteiger partial charge on any atom is 0.222 e. The normalized spacial score (nSPS) is 24.5. The van der Waals surface area contributed by atoms with Crippen LogP contribution in [0.3, 0.4) is 0 Å². The van der Waals surface area contributed by atoms with Crippen molar-refractivity contribution in [3.05, 3.63) is 0 Å². The summed E-state index contributed by atoms with van der Waals surface area (Å²) in [5, 5.41) is 0. The minimum atomic E-state index is -0.0833. The molecule has 0 aromatic carbocycles. The number of nitrogens with zero attached hydrogens (tertiary/aromatic N) is 2. The summed E-state index contributed by atoms with van der Waals surface area (Å²) in [6.07, 6.45) is 1.40. The molecule has 4 heteroatoms. The molecule has 0 aliphatic carbocycles. The molecule has 0 radical (unpaired) electrons. The van der Waals surface area contributed by atoms with Crippen LogP contribution in [0.25, 0.3) is 0 Å². The highest BCUT2D eigenvalue weighted by Crippen LogP contribution is 2.17. The van der Waals surface area contributed by atoms with Crippen LogP contribution in [0.15, 0.2) is 4.99 Å². The van der Waals surface area contributed by atoms with E-state index in [0.717, 1.165) is 6.42 Å². The zero-order chi connectivity index (χ0) is 11.6. The Morgan fingerprint density at radius 1 is 1.53 bits per heavy atom. The average Bonchev–Trinajstić information content (AvgIpc) is 2.10. The number of hydrogen-bond donors (Lipinski definition) is 1. The van der Waals surface area contributed by atoms with Crippen LogP contribution in [-0.4, -0.2) is 36.3 Å². The molecular weight excluding hydrogens is 190 g/mol. The van der Waals surface area contributed by atoms with Gasteiger partial charge in [-0.25, -0.2) is 0 Å². The molecule has 2 N–H and O–H groups in total. The molecular formula is C11H21N3O. The summed E-state index contributed by atoms with van der Waals surface area (Å²) < 4.78 is 0. The van der Waals surface area contributed by atoms with Gasteiger partial charge in [-0.05, 0) is 6.42 Å². The van der Waals surface area contributed by atoms with Gasteiger partial charge in [0, 0.05) is 25.4 Å². The van der Waals surface area contributed by atoms with Crippen LogP contribution in [0.2, 0.25) is 0 Å². The van der Waals surface area contributed by atoms with Crippen molar-refractivity contribution in [2.45, 2.75) is 39.7 Å². The number of likely N-dealkylation sites (N-methyl/N-ethyl adjacent to an activating group) is 1. The van der Waals surface area contributed by atoms with Gasteiger partial charge in [-0.15, -0.1) is 0 Å². The number of hydrogen-bond acceptors (Lipinski definition) is 2. The number of aliphatic imine (C=N–C) groups is 1. The van der Waals surface area contributed by atoms with E-state index in [1.54, 1.807) is 4.90 Å². The molecule has 0 spiro atoms. The third-order valence-corrected chi connectivity index (χ3v) is 2.69. The number of rotatable bonds is 1. The Balaban J connectivity index is 2.64. The van der Waals surface area contributed by atoms with E-state index in [2.05, 4.69) is 4.99 Å². The van der Waals surface area contributed by atoms with Crippen LogP contribution in [0.1, 0.15) is 33.6 Å². The quantitative estimate of drug-likeness (QED) is 0.520. The van der Waals surface area contributed by atoms with Crippen molar-refractivity contribution >= 4 is 11.7 Å². The van der Waals surface area contributed by atoms with E-state index in [1.165, 1.54) is 0 Å². The molecule has 0 bridgehead atoms. The molecule has 4 nitrogen and oxygen atoms in total. The smallest absolute Gasteiger partial charge is 0.222 e. The standard InChI is InChI=1S/C11H21N3O/c1-11(2,3)10(12)13-8-5-6-9(15)14(4)7-8/h8H,5-7H2,1-4H3,(H2,12,13). The molecule has 1 rings (SSSR count). The second-order valence-corrected chi connectivity index (χ2v) is 5.23. The molecule has 0 aromatic heterocycles. The van der Waals surface area contributed by atoms with Crippen molar-refractivity contribution < 1.29 is 4.79 Å². The van der Waals surface area contributed by atoms with E-state index < -0.39 is 0 Å². The Bertz CT molecular complexity index is 278. The SMILES string of the molecule is CN1CC(N=C(N)C(C)(C)C)CCC1=O. The van der Waals surface area contributed by atoms with Crippen molar-refractivity contribution in [1.29, 1.82) is 0 Å². The van der Waals surface area contributed by atoms with Crippen molar-refractivity contribution in [2.75, 3.05) is 13.6 Å². The van der Waals surface area contributed by atoms with Gasteiger partial charge in [0.1, 0.15) is 0 Å². The fraction of sp³-hybridized carbons (Fsp3) is 0.818. The third kappa shape index (κ3) is 3.22. The van der Waals surface area contributed by atoms with E-state index in [4.69, 9.17) is 5.73 Å². The van der Waals surface area contributed by atoms with E-state index in [-0.39, 0.29) is 17.4 Å². The molecule has 1 amide bonds. The molecule has 1 fully saturated rings. The highest BCUT2D eigenvalue weighted by Gasteiger charge is 2.24. The average molecular weight is 211 g/mol. The first-order valence-electron chi connectivity index (χ1n) is 5.38. The molecule has 1 unspecified atom stereocenters.